The minimum absolute atomic E-state index is 0.168. The van der Waals surface area contributed by atoms with Gasteiger partial charge in [-0.25, -0.2) is 9.37 Å². The number of aromatic nitrogens is 2. The maximum Gasteiger partial charge on any atom is 0.295 e. The minimum Gasteiger partial charge on any atom is -0.497 e. The molecule has 0 aliphatic rings. The van der Waals surface area contributed by atoms with Crippen LogP contribution in [0.1, 0.15) is 17.4 Å². The number of nitro groups is 1. The molecule has 1 unspecified atom stereocenters. The number of benzene rings is 2. The number of ether oxygens (including phenoxy) is 2. The zero-order chi connectivity index (χ0) is 20.3. The number of rotatable bonds is 7. The molecule has 0 radical (unpaired) electrons. The summed E-state index contributed by atoms with van der Waals surface area (Å²) in [6, 6.07) is 8.09. The van der Waals surface area contributed by atoms with Gasteiger partial charge in [-0.15, -0.1) is 0 Å². The molecule has 3 aromatic rings. The molecule has 1 aromatic heterocycles. The van der Waals surface area contributed by atoms with Crippen molar-refractivity contribution in [2.24, 2.45) is 7.05 Å². The molecule has 2 aromatic carbocycles. The first kappa shape index (κ1) is 19.2. The predicted octanol–water partition coefficient (Wildman–Crippen LogP) is 3.69. The molecule has 8 nitrogen and oxygen atoms in total. The van der Waals surface area contributed by atoms with Crippen molar-refractivity contribution in [3.05, 3.63) is 76.1 Å². The number of methoxy groups -OCH3 is 2. The van der Waals surface area contributed by atoms with Crippen LogP contribution in [0.5, 0.6) is 11.5 Å². The highest BCUT2D eigenvalue weighted by molar-refractivity contribution is 5.63. The average Bonchev–Trinajstić information content (AvgIpc) is 3.11. The molecule has 1 atom stereocenters. The zero-order valence-electron chi connectivity index (χ0n) is 15.5. The standard InChI is InChI=1S/C19H19FN4O4/c1-23-7-6-21-19(23)18(12-8-14(27-2)11-15(9-12)28-3)22-16-5-4-13(20)10-17(16)24(25)26/h4-11,18,22H,1-3H3. The summed E-state index contributed by atoms with van der Waals surface area (Å²) >= 11 is 0. The van der Waals surface area contributed by atoms with Gasteiger partial charge in [0.2, 0.25) is 0 Å². The third-order valence-corrected chi connectivity index (χ3v) is 4.28. The number of imidazole rings is 1. The topological polar surface area (TPSA) is 91.4 Å². The molecular weight excluding hydrogens is 367 g/mol. The first-order valence-electron chi connectivity index (χ1n) is 8.33. The lowest BCUT2D eigenvalue weighted by Gasteiger charge is -2.21. The van der Waals surface area contributed by atoms with Crippen molar-refractivity contribution in [2.75, 3.05) is 19.5 Å². The Kier molecular flexibility index (Phi) is 5.44. The average molecular weight is 386 g/mol. The second kappa shape index (κ2) is 7.95. The normalized spacial score (nSPS) is 11.7. The van der Waals surface area contributed by atoms with Gasteiger partial charge in [0.15, 0.2) is 0 Å². The minimum atomic E-state index is -0.686. The molecule has 0 aliphatic carbocycles. The molecule has 0 saturated carbocycles. The van der Waals surface area contributed by atoms with Gasteiger partial charge < -0.3 is 19.4 Å². The van der Waals surface area contributed by atoms with E-state index in [4.69, 9.17) is 9.47 Å². The van der Waals surface area contributed by atoms with E-state index in [0.29, 0.717) is 22.9 Å². The van der Waals surface area contributed by atoms with Crippen LogP contribution in [-0.4, -0.2) is 28.7 Å². The van der Waals surface area contributed by atoms with Gasteiger partial charge in [0.25, 0.3) is 5.69 Å². The highest BCUT2D eigenvalue weighted by Crippen LogP contribution is 2.34. The number of halogens is 1. The Labute approximate surface area is 160 Å². The van der Waals surface area contributed by atoms with Crippen molar-refractivity contribution < 1.29 is 18.8 Å². The second-order valence-electron chi connectivity index (χ2n) is 6.04. The number of nitrogens with one attached hydrogen (secondary N) is 1. The van der Waals surface area contributed by atoms with Gasteiger partial charge >= 0.3 is 0 Å². The smallest absolute Gasteiger partial charge is 0.295 e. The molecule has 1 heterocycles. The van der Waals surface area contributed by atoms with Crippen LogP contribution in [-0.2, 0) is 7.05 Å². The van der Waals surface area contributed by atoms with E-state index in [1.807, 2.05) is 7.05 Å². The predicted molar refractivity (Wildman–Crippen MR) is 101 cm³/mol. The lowest BCUT2D eigenvalue weighted by molar-refractivity contribution is -0.384. The molecule has 1 N–H and O–H groups in total. The van der Waals surface area contributed by atoms with Crippen LogP contribution < -0.4 is 14.8 Å². The Morgan fingerprint density at radius 3 is 2.39 bits per heavy atom. The number of nitro benzene ring substituents is 1. The molecule has 0 saturated heterocycles. The van der Waals surface area contributed by atoms with Crippen molar-refractivity contribution in [1.82, 2.24) is 9.55 Å². The Hall–Kier alpha value is -3.62. The van der Waals surface area contributed by atoms with Gasteiger partial charge in [0, 0.05) is 25.5 Å². The fraction of sp³-hybridized carbons (Fsp3) is 0.211. The third kappa shape index (κ3) is 3.88. The summed E-state index contributed by atoms with van der Waals surface area (Å²) in [5.41, 5.74) is 0.513. The maximum atomic E-state index is 13.5. The van der Waals surface area contributed by atoms with E-state index < -0.39 is 16.8 Å². The summed E-state index contributed by atoms with van der Waals surface area (Å²) in [5.74, 6) is 1.04. The molecule has 0 fully saturated rings. The van der Waals surface area contributed by atoms with Crippen LogP contribution in [0.25, 0.3) is 0 Å². The van der Waals surface area contributed by atoms with Crippen molar-refractivity contribution >= 4 is 11.4 Å². The number of anilines is 1. The zero-order valence-corrected chi connectivity index (χ0v) is 15.5. The van der Waals surface area contributed by atoms with Gasteiger partial charge in [-0.05, 0) is 29.8 Å². The van der Waals surface area contributed by atoms with Gasteiger partial charge in [-0.3, -0.25) is 10.1 Å². The third-order valence-electron chi connectivity index (χ3n) is 4.28. The molecule has 0 bridgehead atoms. The highest BCUT2D eigenvalue weighted by Gasteiger charge is 2.24. The monoisotopic (exact) mass is 386 g/mol. The van der Waals surface area contributed by atoms with E-state index >= 15 is 0 Å². The number of hydrogen-bond acceptors (Lipinski definition) is 6. The molecule has 146 valence electrons. The number of hydrogen-bond donors (Lipinski definition) is 1. The molecule has 9 heteroatoms. The summed E-state index contributed by atoms with van der Waals surface area (Å²) in [7, 11) is 4.88. The van der Waals surface area contributed by atoms with E-state index in [9.17, 15) is 14.5 Å². The Bertz CT molecular complexity index is 983. The summed E-state index contributed by atoms with van der Waals surface area (Å²) in [6.07, 6.45) is 3.39. The van der Waals surface area contributed by atoms with E-state index in [-0.39, 0.29) is 11.4 Å². The number of aryl methyl sites for hydroxylation is 1. The van der Waals surface area contributed by atoms with Crippen molar-refractivity contribution in [3.8, 4) is 11.5 Å². The lowest BCUT2D eigenvalue weighted by atomic mass is 10.0. The fourth-order valence-corrected chi connectivity index (χ4v) is 2.88. The molecular formula is C19H19FN4O4. The molecule has 28 heavy (non-hydrogen) atoms. The summed E-state index contributed by atoms with van der Waals surface area (Å²) in [5, 5.41) is 14.5. The van der Waals surface area contributed by atoms with Crippen LogP contribution in [0, 0.1) is 15.9 Å². The fourth-order valence-electron chi connectivity index (χ4n) is 2.88. The Morgan fingerprint density at radius 2 is 1.86 bits per heavy atom. The molecule has 3 rings (SSSR count). The van der Waals surface area contributed by atoms with Crippen LogP contribution in [0.3, 0.4) is 0 Å². The number of nitrogens with zero attached hydrogens (tertiary/aromatic N) is 3. The first-order chi connectivity index (χ1) is 13.4. The van der Waals surface area contributed by atoms with Gasteiger partial charge in [0.1, 0.15) is 34.9 Å². The van der Waals surface area contributed by atoms with E-state index in [1.54, 1.807) is 35.2 Å². The quantitative estimate of drug-likeness (QED) is 0.492. The van der Waals surface area contributed by atoms with E-state index in [1.165, 1.54) is 20.3 Å². The summed E-state index contributed by atoms with van der Waals surface area (Å²) in [4.78, 5) is 15.1. The first-order valence-corrected chi connectivity index (χ1v) is 8.33. The van der Waals surface area contributed by atoms with Gasteiger partial charge in [-0.2, -0.15) is 0 Å². The van der Waals surface area contributed by atoms with E-state index in [2.05, 4.69) is 10.3 Å². The molecule has 0 spiro atoms. The van der Waals surface area contributed by atoms with Crippen LogP contribution in [0.15, 0.2) is 48.8 Å². The lowest BCUT2D eigenvalue weighted by Crippen LogP contribution is -2.17. The largest absolute Gasteiger partial charge is 0.497 e. The summed E-state index contributed by atoms with van der Waals surface area (Å²) in [6.45, 7) is 0. The van der Waals surface area contributed by atoms with Crippen molar-refractivity contribution in [3.63, 3.8) is 0 Å². The summed E-state index contributed by atoms with van der Waals surface area (Å²) < 4.78 is 26.0. The van der Waals surface area contributed by atoms with Crippen LogP contribution >= 0.6 is 0 Å². The molecule has 0 aliphatic heterocycles. The highest BCUT2D eigenvalue weighted by atomic mass is 19.1. The maximum absolute atomic E-state index is 13.5. The second-order valence-corrected chi connectivity index (χ2v) is 6.04. The SMILES string of the molecule is COc1cc(OC)cc(C(Nc2ccc(F)cc2[N+](=O)[O-])c2nccn2C)c1. The van der Waals surface area contributed by atoms with Gasteiger partial charge in [-0.1, -0.05) is 0 Å². The van der Waals surface area contributed by atoms with E-state index in [0.717, 1.165) is 12.1 Å². The molecule has 0 amide bonds. The van der Waals surface area contributed by atoms with Crippen molar-refractivity contribution in [1.29, 1.82) is 0 Å². The van der Waals surface area contributed by atoms with Crippen LogP contribution in [0.4, 0.5) is 15.8 Å². The Balaban J connectivity index is 2.13. The van der Waals surface area contributed by atoms with Crippen LogP contribution in [0.2, 0.25) is 0 Å². The van der Waals surface area contributed by atoms with Crippen molar-refractivity contribution in [2.45, 2.75) is 6.04 Å². The van der Waals surface area contributed by atoms with Gasteiger partial charge in [0.05, 0.1) is 25.2 Å². The Morgan fingerprint density at radius 1 is 1.18 bits per heavy atom.